The first-order chi connectivity index (χ1) is 8.33. The molecule has 0 spiro atoms. The van der Waals surface area contributed by atoms with Gasteiger partial charge in [-0.3, -0.25) is 20.1 Å². The number of hydrogen-bond donors (Lipinski definition) is 2. The third-order valence-electron chi connectivity index (χ3n) is 2.43. The Morgan fingerprint density at radius 3 is 2.72 bits per heavy atom. The van der Waals surface area contributed by atoms with Crippen LogP contribution in [-0.4, -0.2) is 29.4 Å². The van der Waals surface area contributed by atoms with Crippen LogP contribution < -0.4 is 11.3 Å². The van der Waals surface area contributed by atoms with Gasteiger partial charge in [-0.15, -0.1) is 0 Å². The fourth-order valence-electron chi connectivity index (χ4n) is 1.97. The number of amides is 1. The number of nitrogens with one attached hydrogen (secondary N) is 1. The molecule has 0 bridgehead atoms. The topological polar surface area (TPSA) is 71.2 Å². The van der Waals surface area contributed by atoms with E-state index in [0.717, 1.165) is 12.2 Å². The Hall–Kier alpha value is -1.46. The summed E-state index contributed by atoms with van der Waals surface area (Å²) in [5.74, 6) is 4.86. The quantitative estimate of drug-likeness (QED) is 0.478. The number of hydrogen-bond acceptors (Lipinski definition) is 4. The van der Waals surface area contributed by atoms with Gasteiger partial charge in [0.1, 0.15) is 0 Å². The zero-order valence-electron chi connectivity index (χ0n) is 11.5. The number of pyridine rings is 1. The first kappa shape index (κ1) is 14.6. The highest BCUT2D eigenvalue weighted by Gasteiger charge is 2.17. The minimum atomic E-state index is -0.303. The van der Waals surface area contributed by atoms with Crippen LogP contribution in [0, 0.1) is 5.41 Å². The zero-order valence-corrected chi connectivity index (χ0v) is 11.5. The molecule has 18 heavy (non-hydrogen) atoms. The van der Waals surface area contributed by atoms with E-state index in [1.54, 1.807) is 18.3 Å². The Balaban J connectivity index is 2.81. The average Bonchev–Trinajstić information content (AvgIpc) is 2.26. The second-order valence-electron chi connectivity index (χ2n) is 5.70. The Bertz CT molecular complexity index is 412. The van der Waals surface area contributed by atoms with E-state index in [4.69, 9.17) is 5.84 Å². The molecule has 0 aromatic carbocycles. The van der Waals surface area contributed by atoms with E-state index < -0.39 is 0 Å². The van der Waals surface area contributed by atoms with E-state index in [9.17, 15) is 4.79 Å². The highest BCUT2D eigenvalue weighted by molar-refractivity contribution is 5.94. The number of rotatable bonds is 4. The third kappa shape index (κ3) is 4.43. The number of carbonyl (C=O) groups is 1. The van der Waals surface area contributed by atoms with Gasteiger partial charge in [-0.1, -0.05) is 20.8 Å². The molecule has 5 nitrogen and oxygen atoms in total. The number of nitrogens with zero attached hydrogens (tertiary/aromatic N) is 2. The number of hydrazine groups is 1. The summed E-state index contributed by atoms with van der Waals surface area (Å²) in [6, 6.07) is 3.47. The molecule has 0 atom stereocenters. The van der Waals surface area contributed by atoms with E-state index in [-0.39, 0.29) is 11.3 Å². The van der Waals surface area contributed by atoms with Crippen molar-refractivity contribution in [1.29, 1.82) is 0 Å². The van der Waals surface area contributed by atoms with E-state index in [0.29, 0.717) is 12.1 Å². The minimum Gasteiger partial charge on any atom is -0.300 e. The summed E-state index contributed by atoms with van der Waals surface area (Å²) >= 11 is 0. The first-order valence-electron chi connectivity index (χ1n) is 5.97. The van der Waals surface area contributed by atoms with Gasteiger partial charge < -0.3 is 0 Å². The van der Waals surface area contributed by atoms with E-state index >= 15 is 0 Å². The van der Waals surface area contributed by atoms with Gasteiger partial charge >= 0.3 is 0 Å². The third-order valence-corrected chi connectivity index (χ3v) is 2.43. The molecule has 0 aliphatic carbocycles. The fourth-order valence-corrected chi connectivity index (χ4v) is 1.97. The lowest BCUT2D eigenvalue weighted by Crippen LogP contribution is -2.33. The maximum absolute atomic E-state index is 11.6. The van der Waals surface area contributed by atoms with Crippen LogP contribution in [-0.2, 0) is 6.54 Å². The van der Waals surface area contributed by atoms with E-state index in [1.165, 1.54) is 0 Å². The smallest absolute Gasteiger partial charge is 0.267 e. The van der Waals surface area contributed by atoms with Crippen LogP contribution in [0.4, 0.5) is 0 Å². The van der Waals surface area contributed by atoms with Crippen LogP contribution in [0.1, 0.15) is 36.8 Å². The fraction of sp³-hybridized carbons (Fsp3) is 0.538. The molecule has 5 heteroatoms. The standard InChI is InChI=1S/C13H22N4O/c1-13(2,3)9-17(4)8-11-10(12(18)16-14)6-5-7-15-11/h5-7H,8-9,14H2,1-4H3,(H,16,18). The molecule has 0 unspecified atom stereocenters. The van der Waals surface area contributed by atoms with E-state index in [2.05, 4.69) is 36.1 Å². The van der Waals surface area contributed by atoms with Crippen molar-refractivity contribution in [2.75, 3.05) is 13.6 Å². The molecule has 0 aliphatic heterocycles. The number of carbonyl (C=O) groups excluding carboxylic acids is 1. The van der Waals surface area contributed by atoms with Gasteiger partial charge in [0.25, 0.3) is 5.91 Å². The predicted molar refractivity (Wildman–Crippen MR) is 71.7 cm³/mol. The average molecular weight is 250 g/mol. The number of aromatic nitrogens is 1. The zero-order chi connectivity index (χ0) is 13.8. The molecule has 1 amide bonds. The van der Waals surface area contributed by atoms with Crippen LogP contribution in [0.25, 0.3) is 0 Å². The lowest BCUT2D eigenvalue weighted by Gasteiger charge is -2.26. The molecule has 0 fully saturated rings. The Kier molecular flexibility index (Phi) is 4.81. The van der Waals surface area contributed by atoms with Crippen molar-refractivity contribution in [3.63, 3.8) is 0 Å². The molecule has 3 N–H and O–H groups in total. The van der Waals surface area contributed by atoms with Crippen molar-refractivity contribution in [2.45, 2.75) is 27.3 Å². The van der Waals surface area contributed by atoms with Gasteiger partial charge in [0.2, 0.25) is 0 Å². The summed E-state index contributed by atoms with van der Waals surface area (Å²) in [5, 5.41) is 0. The van der Waals surface area contributed by atoms with Gasteiger partial charge in [0, 0.05) is 19.3 Å². The van der Waals surface area contributed by atoms with Gasteiger partial charge in [0.15, 0.2) is 0 Å². The van der Waals surface area contributed by atoms with Gasteiger partial charge in [-0.25, -0.2) is 5.84 Å². The molecule has 1 aromatic heterocycles. The van der Waals surface area contributed by atoms with Gasteiger partial charge in [-0.05, 0) is 24.6 Å². The SMILES string of the molecule is CN(Cc1ncccc1C(=O)NN)CC(C)(C)C. The van der Waals surface area contributed by atoms with Crippen LogP contribution in [0.15, 0.2) is 18.3 Å². The minimum absolute atomic E-state index is 0.208. The van der Waals surface area contributed by atoms with Crippen LogP contribution >= 0.6 is 0 Å². The predicted octanol–water partition coefficient (Wildman–Crippen LogP) is 1.16. The molecule has 0 aliphatic rings. The molecule has 0 radical (unpaired) electrons. The molecular formula is C13H22N4O. The summed E-state index contributed by atoms with van der Waals surface area (Å²) in [5.41, 5.74) is 3.63. The molecule has 0 saturated carbocycles. The summed E-state index contributed by atoms with van der Waals surface area (Å²) in [4.78, 5) is 18.0. The molecule has 100 valence electrons. The van der Waals surface area contributed by atoms with Crippen molar-refractivity contribution in [3.8, 4) is 0 Å². The maximum atomic E-state index is 11.6. The van der Waals surface area contributed by atoms with Crippen LogP contribution in [0.5, 0.6) is 0 Å². The highest BCUT2D eigenvalue weighted by atomic mass is 16.2. The number of nitrogens with two attached hydrogens (primary N) is 1. The second kappa shape index (κ2) is 5.93. The lowest BCUT2D eigenvalue weighted by atomic mass is 9.96. The Morgan fingerprint density at radius 2 is 2.17 bits per heavy atom. The first-order valence-corrected chi connectivity index (χ1v) is 5.97. The summed E-state index contributed by atoms with van der Waals surface area (Å²) in [6.45, 7) is 8.08. The van der Waals surface area contributed by atoms with E-state index in [1.807, 2.05) is 7.05 Å². The van der Waals surface area contributed by atoms with Crippen LogP contribution in [0.2, 0.25) is 0 Å². The molecule has 0 saturated heterocycles. The van der Waals surface area contributed by atoms with Crippen molar-refractivity contribution in [3.05, 3.63) is 29.6 Å². The van der Waals surface area contributed by atoms with Gasteiger partial charge in [0.05, 0.1) is 11.3 Å². The largest absolute Gasteiger partial charge is 0.300 e. The second-order valence-corrected chi connectivity index (χ2v) is 5.70. The Morgan fingerprint density at radius 1 is 1.50 bits per heavy atom. The summed E-state index contributed by atoms with van der Waals surface area (Å²) in [6.07, 6.45) is 1.69. The van der Waals surface area contributed by atoms with Crippen molar-refractivity contribution in [2.24, 2.45) is 11.3 Å². The molecular weight excluding hydrogens is 228 g/mol. The van der Waals surface area contributed by atoms with Crippen molar-refractivity contribution >= 4 is 5.91 Å². The molecule has 1 heterocycles. The summed E-state index contributed by atoms with van der Waals surface area (Å²) in [7, 11) is 2.02. The van der Waals surface area contributed by atoms with Crippen LogP contribution in [0.3, 0.4) is 0 Å². The summed E-state index contributed by atoms with van der Waals surface area (Å²) < 4.78 is 0. The van der Waals surface area contributed by atoms with Gasteiger partial charge in [-0.2, -0.15) is 0 Å². The number of nitrogen functional groups attached to an aromatic ring is 1. The molecule has 1 aromatic rings. The highest BCUT2D eigenvalue weighted by Crippen LogP contribution is 2.16. The lowest BCUT2D eigenvalue weighted by molar-refractivity contribution is 0.0951. The monoisotopic (exact) mass is 250 g/mol. The van der Waals surface area contributed by atoms with Crippen molar-refractivity contribution < 1.29 is 4.79 Å². The Labute approximate surface area is 108 Å². The van der Waals surface area contributed by atoms with Crippen molar-refractivity contribution in [1.82, 2.24) is 15.3 Å². The maximum Gasteiger partial charge on any atom is 0.267 e. The normalized spacial score (nSPS) is 11.7. The molecule has 1 rings (SSSR count).